The van der Waals surface area contributed by atoms with Crippen molar-refractivity contribution in [3.63, 3.8) is 0 Å². The Morgan fingerprint density at radius 3 is 2.62 bits per heavy atom. The Balaban J connectivity index is 1.93. The number of Topliss-reactive ketones (excluding diaryl/α,β-unsaturated/α-hetero) is 1. The van der Waals surface area contributed by atoms with E-state index in [9.17, 15) is 19.5 Å². The van der Waals surface area contributed by atoms with Crippen LogP contribution in [0, 0.1) is 18.3 Å². The van der Waals surface area contributed by atoms with Gasteiger partial charge in [-0.15, -0.1) is 0 Å². The number of likely N-dealkylation sites (tertiary alicyclic amines) is 1. The van der Waals surface area contributed by atoms with Gasteiger partial charge in [-0.25, -0.2) is 0 Å². The topological polar surface area (TPSA) is 90.5 Å². The van der Waals surface area contributed by atoms with Crippen molar-refractivity contribution in [1.29, 1.82) is 0 Å². The zero-order valence-electron chi connectivity index (χ0n) is 14.4. The van der Waals surface area contributed by atoms with E-state index in [-0.39, 0.29) is 24.2 Å². The number of aliphatic carboxylic acids is 1. The normalized spacial score (nSPS) is 25.8. The van der Waals surface area contributed by atoms with Gasteiger partial charge in [0.15, 0.2) is 5.78 Å². The predicted octanol–water partition coefficient (Wildman–Crippen LogP) is 2.42. The fourth-order valence-corrected chi connectivity index (χ4v) is 4.64. The fourth-order valence-electron chi connectivity index (χ4n) is 4.64. The van der Waals surface area contributed by atoms with Crippen LogP contribution in [-0.4, -0.2) is 45.7 Å². The van der Waals surface area contributed by atoms with E-state index in [1.165, 1.54) is 6.92 Å². The summed E-state index contributed by atoms with van der Waals surface area (Å²) >= 11 is 0. The predicted molar refractivity (Wildman–Crippen MR) is 88.2 cm³/mol. The Morgan fingerprint density at radius 1 is 1.38 bits per heavy atom. The van der Waals surface area contributed by atoms with Crippen LogP contribution in [0.5, 0.6) is 0 Å². The van der Waals surface area contributed by atoms with Crippen LogP contribution in [-0.2, 0) is 11.2 Å². The first-order chi connectivity index (χ1) is 11.3. The molecular weight excluding hydrogens is 308 g/mol. The largest absolute Gasteiger partial charge is 0.481 e. The number of carboxylic acid groups (broad SMARTS) is 1. The fraction of sp³-hybridized carbons (Fsp3) is 0.611. The summed E-state index contributed by atoms with van der Waals surface area (Å²) in [5.74, 6) is -0.993. The number of carboxylic acids is 1. The summed E-state index contributed by atoms with van der Waals surface area (Å²) in [6.07, 6.45) is 3.00. The maximum Gasteiger partial charge on any atom is 0.311 e. The van der Waals surface area contributed by atoms with Crippen molar-refractivity contribution in [3.05, 3.63) is 22.5 Å². The van der Waals surface area contributed by atoms with E-state index in [0.717, 1.165) is 18.4 Å². The third-order valence-corrected chi connectivity index (χ3v) is 5.79. The first-order valence-corrected chi connectivity index (χ1v) is 8.56. The van der Waals surface area contributed by atoms with Crippen LogP contribution in [0.15, 0.2) is 0 Å². The number of hydrogen-bond acceptors (Lipinski definition) is 3. The SMILES string of the molecule is CCc1c(C(=O)N2C[C@@H]3CCC[C@@]3(C(=O)O)C2)[nH]c(C)c1C(C)=O. The van der Waals surface area contributed by atoms with Gasteiger partial charge in [-0.1, -0.05) is 13.3 Å². The Morgan fingerprint density at radius 2 is 2.08 bits per heavy atom. The van der Waals surface area contributed by atoms with Gasteiger partial charge in [-0.3, -0.25) is 14.4 Å². The number of carbonyl (C=O) groups excluding carboxylic acids is 2. The van der Waals surface area contributed by atoms with Crippen molar-refractivity contribution in [3.8, 4) is 0 Å². The van der Waals surface area contributed by atoms with Crippen LogP contribution < -0.4 is 0 Å². The molecule has 1 saturated carbocycles. The molecule has 2 atom stereocenters. The van der Waals surface area contributed by atoms with Crippen molar-refractivity contribution < 1.29 is 19.5 Å². The number of hydrogen-bond donors (Lipinski definition) is 2. The van der Waals surface area contributed by atoms with Gasteiger partial charge in [0.25, 0.3) is 5.91 Å². The van der Waals surface area contributed by atoms with Crippen molar-refractivity contribution in [2.24, 2.45) is 11.3 Å². The standard InChI is InChI=1S/C18H24N2O4/c1-4-13-14(11(3)21)10(2)19-15(13)16(22)20-8-12-6-5-7-18(12,9-20)17(23)24/h12,19H,4-9H2,1-3H3,(H,23,24)/t12-,18+/m0/s1. The lowest BCUT2D eigenvalue weighted by molar-refractivity contribution is -0.149. The smallest absolute Gasteiger partial charge is 0.311 e. The number of fused-ring (bicyclic) bond motifs is 1. The molecule has 2 aliphatic rings. The average molecular weight is 332 g/mol. The van der Waals surface area contributed by atoms with Gasteiger partial charge in [0.1, 0.15) is 5.69 Å². The van der Waals surface area contributed by atoms with Crippen molar-refractivity contribution in [2.45, 2.75) is 46.5 Å². The van der Waals surface area contributed by atoms with Crippen LogP contribution >= 0.6 is 0 Å². The van der Waals surface area contributed by atoms with Gasteiger partial charge in [0, 0.05) is 24.3 Å². The lowest BCUT2D eigenvalue weighted by Crippen LogP contribution is -2.37. The van der Waals surface area contributed by atoms with Crippen LogP contribution in [0.1, 0.15) is 65.2 Å². The van der Waals surface area contributed by atoms with Gasteiger partial charge in [-0.05, 0) is 44.6 Å². The number of ketones is 1. The Bertz CT molecular complexity index is 721. The molecule has 3 rings (SSSR count). The Kier molecular flexibility index (Phi) is 4.01. The summed E-state index contributed by atoms with van der Waals surface area (Å²) < 4.78 is 0. The highest BCUT2D eigenvalue weighted by Crippen LogP contribution is 2.49. The second-order valence-corrected chi connectivity index (χ2v) is 7.12. The molecule has 2 N–H and O–H groups in total. The molecular formula is C18H24N2O4. The molecule has 0 bridgehead atoms. The van der Waals surface area contributed by atoms with E-state index in [2.05, 4.69) is 4.98 Å². The average Bonchev–Trinajstić information content (AvgIpc) is 3.15. The molecule has 1 aliphatic carbocycles. The van der Waals surface area contributed by atoms with E-state index in [0.29, 0.717) is 36.3 Å². The number of carbonyl (C=O) groups is 3. The minimum absolute atomic E-state index is 0.0346. The quantitative estimate of drug-likeness (QED) is 0.829. The van der Waals surface area contributed by atoms with Crippen LogP contribution in [0.25, 0.3) is 0 Å². The summed E-state index contributed by atoms with van der Waals surface area (Å²) in [6, 6.07) is 0. The monoisotopic (exact) mass is 332 g/mol. The summed E-state index contributed by atoms with van der Waals surface area (Å²) in [7, 11) is 0. The van der Waals surface area contributed by atoms with E-state index < -0.39 is 11.4 Å². The minimum Gasteiger partial charge on any atom is -0.481 e. The molecule has 0 spiro atoms. The molecule has 1 aromatic heterocycles. The summed E-state index contributed by atoms with van der Waals surface area (Å²) in [5, 5.41) is 9.68. The van der Waals surface area contributed by atoms with E-state index in [1.807, 2.05) is 6.92 Å². The van der Waals surface area contributed by atoms with Gasteiger partial charge in [0.2, 0.25) is 0 Å². The molecule has 6 nitrogen and oxygen atoms in total. The molecule has 0 unspecified atom stereocenters. The van der Waals surface area contributed by atoms with Crippen molar-refractivity contribution >= 4 is 17.7 Å². The number of nitrogens with one attached hydrogen (secondary N) is 1. The van der Waals surface area contributed by atoms with E-state index in [4.69, 9.17) is 0 Å². The number of H-pyrrole nitrogens is 1. The zero-order chi connectivity index (χ0) is 17.6. The number of aromatic amines is 1. The number of rotatable bonds is 4. The summed E-state index contributed by atoms with van der Waals surface area (Å²) in [6.45, 7) is 5.97. The highest BCUT2D eigenvalue weighted by molar-refractivity contribution is 6.03. The van der Waals surface area contributed by atoms with Crippen molar-refractivity contribution in [1.82, 2.24) is 9.88 Å². The van der Waals surface area contributed by atoms with Gasteiger partial charge >= 0.3 is 5.97 Å². The molecule has 0 aromatic carbocycles. The molecule has 2 fully saturated rings. The molecule has 0 radical (unpaired) electrons. The lowest BCUT2D eigenvalue weighted by atomic mass is 9.81. The van der Waals surface area contributed by atoms with Crippen LogP contribution in [0.2, 0.25) is 0 Å². The first kappa shape index (κ1) is 16.7. The van der Waals surface area contributed by atoms with Gasteiger partial charge in [-0.2, -0.15) is 0 Å². The van der Waals surface area contributed by atoms with Gasteiger partial charge in [0.05, 0.1) is 5.41 Å². The highest BCUT2D eigenvalue weighted by Gasteiger charge is 2.56. The lowest BCUT2D eigenvalue weighted by Gasteiger charge is -2.23. The summed E-state index contributed by atoms with van der Waals surface area (Å²) in [4.78, 5) is 41.4. The number of amides is 1. The molecule has 1 aliphatic heterocycles. The second-order valence-electron chi connectivity index (χ2n) is 7.12. The molecule has 2 heterocycles. The number of aromatic nitrogens is 1. The zero-order valence-corrected chi connectivity index (χ0v) is 14.4. The maximum atomic E-state index is 13.0. The second kappa shape index (κ2) is 5.76. The van der Waals surface area contributed by atoms with Crippen LogP contribution in [0.3, 0.4) is 0 Å². The van der Waals surface area contributed by atoms with Crippen molar-refractivity contribution in [2.75, 3.05) is 13.1 Å². The third kappa shape index (κ3) is 2.27. The summed E-state index contributed by atoms with van der Waals surface area (Å²) in [5.41, 5.74) is 1.70. The molecule has 24 heavy (non-hydrogen) atoms. The van der Waals surface area contributed by atoms with Gasteiger partial charge < -0.3 is 15.0 Å². The van der Waals surface area contributed by atoms with E-state index in [1.54, 1.807) is 11.8 Å². The molecule has 130 valence electrons. The maximum absolute atomic E-state index is 13.0. The Labute approximate surface area is 141 Å². The molecule has 1 aromatic rings. The number of aryl methyl sites for hydroxylation is 1. The molecule has 6 heteroatoms. The third-order valence-electron chi connectivity index (χ3n) is 5.79. The first-order valence-electron chi connectivity index (χ1n) is 8.56. The van der Waals surface area contributed by atoms with E-state index >= 15 is 0 Å². The number of nitrogens with zero attached hydrogens (tertiary/aromatic N) is 1. The highest BCUT2D eigenvalue weighted by atomic mass is 16.4. The minimum atomic E-state index is -0.789. The molecule has 1 saturated heterocycles. The van der Waals surface area contributed by atoms with Crippen LogP contribution in [0.4, 0.5) is 0 Å². The molecule has 1 amide bonds. The Hall–Kier alpha value is -2.11.